The molecule has 0 saturated heterocycles. The lowest BCUT2D eigenvalue weighted by atomic mass is 10.1. The van der Waals surface area contributed by atoms with Crippen LogP contribution in [0.25, 0.3) is 0 Å². The number of aliphatic hydroxyl groups is 1. The minimum Gasteiger partial charge on any atom is -0.457 e. The molecule has 1 N–H and O–H groups in total. The summed E-state index contributed by atoms with van der Waals surface area (Å²) < 4.78 is 6.61. The molecular weight excluding hydrogens is 292 g/mol. The first kappa shape index (κ1) is 13.1. The number of halogens is 1. The van der Waals surface area contributed by atoms with E-state index in [2.05, 4.69) is 15.9 Å². The molecule has 0 bridgehead atoms. The van der Waals surface area contributed by atoms with Crippen LogP contribution in [0.1, 0.15) is 24.2 Å². The highest BCUT2D eigenvalue weighted by Gasteiger charge is 2.07. The van der Waals surface area contributed by atoms with Crippen molar-refractivity contribution in [3.05, 3.63) is 58.1 Å². The second kappa shape index (κ2) is 5.55. The highest BCUT2D eigenvalue weighted by atomic mass is 79.9. The Hall–Kier alpha value is -1.32. The Kier molecular flexibility index (Phi) is 4.04. The van der Waals surface area contributed by atoms with Crippen molar-refractivity contribution in [2.45, 2.75) is 20.0 Å². The van der Waals surface area contributed by atoms with Gasteiger partial charge in [-0.2, -0.15) is 0 Å². The topological polar surface area (TPSA) is 29.5 Å². The van der Waals surface area contributed by atoms with E-state index in [0.29, 0.717) is 0 Å². The molecule has 2 rings (SSSR count). The molecule has 0 saturated carbocycles. The van der Waals surface area contributed by atoms with E-state index in [0.717, 1.165) is 27.1 Å². The van der Waals surface area contributed by atoms with E-state index < -0.39 is 6.10 Å². The highest BCUT2D eigenvalue weighted by molar-refractivity contribution is 9.10. The Morgan fingerprint density at radius 3 is 2.44 bits per heavy atom. The van der Waals surface area contributed by atoms with Crippen LogP contribution in [0.4, 0.5) is 0 Å². The van der Waals surface area contributed by atoms with E-state index in [1.165, 1.54) is 0 Å². The summed E-state index contributed by atoms with van der Waals surface area (Å²) >= 11 is 3.44. The fraction of sp³-hybridized carbons (Fsp3) is 0.200. The molecule has 0 fully saturated rings. The molecule has 2 nitrogen and oxygen atoms in total. The Balaban J connectivity index is 2.23. The minimum absolute atomic E-state index is 0.493. The largest absolute Gasteiger partial charge is 0.457 e. The van der Waals surface area contributed by atoms with Gasteiger partial charge in [-0.3, -0.25) is 0 Å². The molecular formula is C15H15BrO2. The summed E-state index contributed by atoms with van der Waals surface area (Å²) in [5.74, 6) is 1.56. The average Bonchev–Trinajstić information content (AvgIpc) is 2.28. The lowest BCUT2D eigenvalue weighted by Crippen LogP contribution is -1.93. The maximum atomic E-state index is 9.55. The standard InChI is InChI=1S/C15H15BrO2/c1-10-4-3-5-12(8-10)18-13-6-7-14(11(2)17)15(16)9-13/h3-9,11,17H,1-2H3/t11-/m1/s1. The van der Waals surface area contributed by atoms with Crippen molar-refractivity contribution in [1.82, 2.24) is 0 Å². The van der Waals surface area contributed by atoms with Gasteiger partial charge in [-0.05, 0) is 49.2 Å². The van der Waals surface area contributed by atoms with Crippen molar-refractivity contribution in [1.29, 1.82) is 0 Å². The number of rotatable bonds is 3. The first-order valence-corrected chi connectivity index (χ1v) is 6.57. The first-order chi connectivity index (χ1) is 8.56. The van der Waals surface area contributed by atoms with Gasteiger partial charge in [0, 0.05) is 4.47 Å². The summed E-state index contributed by atoms with van der Waals surface area (Å²) in [5.41, 5.74) is 2.01. The fourth-order valence-corrected chi connectivity index (χ4v) is 2.41. The lowest BCUT2D eigenvalue weighted by molar-refractivity contribution is 0.198. The van der Waals surface area contributed by atoms with Crippen LogP contribution in [0.15, 0.2) is 46.9 Å². The molecule has 94 valence electrons. The predicted octanol–water partition coefficient (Wildman–Crippen LogP) is 4.60. The van der Waals surface area contributed by atoms with Gasteiger partial charge in [0.05, 0.1) is 6.10 Å². The summed E-state index contributed by atoms with van der Waals surface area (Å²) in [6.45, 7) is 3.76. The summed E-state index contributed by atoms with van der Waals surface area (Å²) in [6.07, 6.45) is -0.493. The molecule has 0 aliphatic rings. The van der Waals surface area contributed by atoms with Crippen LogP contribution in [0.5, 0.6) is 11.5 Å². The summed E-state index contributed by atoms with van der Waals surface area (Å²) in [6, 6.07) is 13.5. The Bertz CT molecular complexity index is 550. The summed E-state index contributed by atoms with van der Waals surface area (Å²) in [7, 11) is 0. The summed E-state index contributed by atoms with van der Waals surface area (Å²) in [4.78, 5) is 0. The van der Waals surface area contributed by atoms with Crippen LogP contribution in [0.2, 0.25) is 0 Å². The number of aliphatic hydroxyl groups excluding tert-OH is 1. The van der Waals surface area contributed by atoms with Gasteiger partial charge in [-0.1, -0.05) is 34.1 Å². The van der Waals surface area contributed by atoms with E-state index in [4.69, 9.17) is 4.74 Å². The molecule has 3 heteroatoms. The number of hydrogen-bond acceptors (Lipinski definition) is 2. The van der Waals surface area contributed by atoms with E-state index in [9.17, 15) is 5.11 Å². The van der Waals surface area contributed by atoms with Gasteiger partial charge in [0.25, 0.3) is 0 Å². The molecule has 0 spiro atoms. The molecule has 0 aliphatic heterocycles. The normalized spacial score (nSPS) is 12.2. The van der Waals surface area contributed by atoms with Crippen LogP contribution in [0, 0.1) is 6.92 Å². The third-order valence-corrected chi connectivity index (χ3v) is 3.33. The lowest BCUT2D eigenvalue weighted by Gasteiger charge is -2.11. The van der Waals surface area contributed by atoms with Crippen LogP contribution in [-0.2, 0) is 0 Å². The monoisotopic (exact) mass is 306 g/mol. The smallest absolute Gasteiger partial charge is 0.128 e. The van der Waals surface area contributed by atoms with Crippen LogP contribution in [0.3, 0.4) is 0 Å². The van der Waals surface area contributed by atoms with Gasteiger partial charge in [-0.25, -0.2) is 0 Å². The number of ether oxygens (including phenoxy) is 1. The molecule has 18 heavy (non-hydrogen) atoms. The number of aryl methyl sites for hydroxylation is 1. The molecule has 2 aromatic rings. The molecule has 0 unspecified atom stereocenters. The molecule has 0 amide bonds. The zero-order valence-corrected chi connectivity index (χ0v) is 11.9. The van der Waals surface area contributed by atoms with Gasteiger partial charge in [0.15, 0.2) is 0 Å². The van der Waals surface area contributed by atoms with Crippen molar-refractivity contribution < 1.29 is 9.84 Å². The zero-order chi connectivity index (χ0) is 13.1. The Morgan fingerprint density at radius 1 is 1.11 bits per heavy atom. The molecule has 0 radical (unpaired) electrons. The average molecular weight is 307 g/mol. The molecule has 2 aromatic carbocycles. The van der Waals surface area contributed by atoms with Crippen LogP contribution in [-0.4, -0.2) is 5.11 Å². The van der Waals surface area contributed by atoms with E-state index in [-0.39, 0.29) is 0 Å². The molecule has 0 aromatic heterocycles. The van der Waals surface area contributed by atoms with Crippen molar-refractivity contribution in [2.24, 2.45) is 0 Å². The zero-order valence-electron chi connectivity index (χ0n) is 10.4. The molecule has 0 heterocycles. The third kappa shape index (κ3) is 3.12. The van der Waals surface area contributed by atoms with Crippen LogP contribution < -0.4 is 4.74 Å². The van der Waals surface area contributed by atoms with Gasteiger partial charge in [-0.15, -0.1) is 0 Å². The second-order valence-electron chi connectivity index (χ2n) is 4.28. The Morgan fingerprint density at radius 2 is 1.83 bits per heavy atom. The maximum Gasteiger partial charge on any atom is 0.128 e. The maximum absolute atomic E-state index is 9.55. The van der Waals surface area contributed by atoms with Gasteiger partial charge in [0.2, 0.25) is 0 Å². The van der Waals surface area contributed by atoms with Crippen LogP contribution >= 0.6 is 15.9 Å². The number of hydrogen-bond donors (Lipinski definition) is 1. The Labute approximate surface area is 115 Å². The third-order valence-electron chi connectivity index (χ3n) is 2.65. The van der Waals surface area contributed by atoms with Crippen molar-refractivity contribution in [3.8, 4) is 11.5 Å². The predicted molar refractivity (Wildman–Crippen MR) is 76.0 cm³/mol. The summed E-state index contributed by atoms with van der Waals surface area (Å²) in [5, 5.41) is 9.55. The quantitative estimate of drug-likeness (QED) is 0.897. The van der Waals surface area contributed by atoms with Crippen molar-refractivity contribution in [2.75, 3.05) is 0 Å². The SMILES string of the molecule is Cc1cccc(Oc2ccc([C@@H](C)O)c(Br)c2)c1. The van der Waals surface area contributed by atoms with E-state index in [1.807, 2.05) is 49.4 Å². The number of benzene rings is 2. The highest BCUT2D eigenvalue weighted by Crippen LogP contribution is 2.30. The van der Waals surface area contributed by atoms with Gasteiger partial charge >= 0.3 is 0 Å². The minimum atomic E-state index is -0.493. The van der Waals surface area contributed by atoms with Gasteiger partial charge in [0.1, 0.15) is 11.5 Å². The fourth-order valence-electron chi connectivity index (χ4n) is 1.73. The van der Waals surface area contributed by atoms with E-state index in [1.54, 1.807) is 6.92 Å². The first-order valence-electron chi connectivity index (χ1n) is 5.78. The second-order valence-corrected chi connectivity index (χ2v) is 5.13. The molecule has 0 aliphatic carbocycles. The van der Waals surface area contributed by atoms with Crippen molar-refractivity contribution >= 4 is 15.9 Å². The van der Waals surface area contributed by atoms with E-state index >= 15 is 0 Å². The molecule has 1 atom stereocenters. The van der Waals surface area contributed by atoms with Crippen molar-refractivity contribution in [3.63, 3.8) is 0 Å². The van der Waals surface area contributed by atoms with Gasteiger partial charge < -0.3 is 9.84 Å².